The number of benzene rings is 1. The average Bonchev–Trinajstić information content (AvgIpc) is 2.49. The highest BCUT2D eigenvalue weighted by molar-refractivity contribution is 5.69. The molecule has 3 heteroatoms. The molecule has 0 saturated heterocycles. The molecule has 1 aliphatic heterocycles. The molecule has 0 aliphatic carbocycles. The third-order valence-electron chi connectivity index (χ3n) is 2.55. The van der Waals surface area contributed by atoms with Crippen molar-refractivity contribution in [3.63, 3.8) is 0 Å². The lowest BCUT2D eigenvalue weighted by Crippen LogP contribution is -2.08. The van der Waals surface area contributed by atoms with Gasteiger partial charge in [-0.25, -0.2) is 0 Å². The number of ether oxygens (including phenoxy) is 1. The SMILES string of the molecule is Cc1cccc2c1C(CC(=O)O)CO2. The van der Waals surface area contributed by atoms with E-state index in [4.69, 9.17) is 9.84 Å². The minimum Gasteiger partial charge on any atom is -0.493 e. The maximum atomic E-state index is 10.6. The molecule has 0 saturated carbocycles. The molecule has 14 heavy (non-hydrogen) atoms. The van der Waals surface area contributed by atoms with Crippen LogP contribution in [0, 0.1) is 6.92 Å². The lowest BCUT2D eigenvalue weighted by molar-refractivity contribution is -0.137. The lowest BCUT2D eigenvalue weighted by Gasteiger charge is -2.07. The number of aliphatic carboxylic acids is 1. The van der Waals surface area contributed by atoms with Gasteiger partial charge in [0.05, 0.1) is 13.0 Å². The summed E-state index contributed by atoms with van der Waals surface area (Å²) in [6.45, 7) is 2.48. The Morgan fingerprint density at radius 3 is 3.14 bits per heavy atom. The predicted octanol–water partition coefficient (Wildman–Crippen LogP) is 1.95. The van der Waals surface area contributed by atoms with Crippen LogP contribution in [-0.4, -0.2) is 17.7 Å². The Bertz CT molecular complexity index is 371. The van der Waals surface area contributed by atoms with Gasteiger partial charge in [-0.2, -0.15) is 0 Å². The van der Waals surface area contributed by atoms with Gasteiger partial charge in [-0.05, 0) is 18.6 Å². The van der Waals surface area contributed by atoms with Gasteiger partial charge in [0.1, 0.15) is 5.75 Å². The van der Waals surface area contributed by atoms with Crippen molar-refractivity contribution in [1.29, 1.82) is 0 Å². The van der Waals surface area contributed by atoms with Gasteiger partial charge in [-0.3, -0.25) is 4.79 Å². The van der Waals surface area contributed by atoms with Crippen LogP contribution in [0.25, 0.3) is 0 Å². The van der Waals surface area contributed by atoms with Crippen LogP contribution < -0.4 is 4.74 Å². The molecule has 0 amide bonds. The summed E-state index contributed by atoms with van der Waals surface area (Å²) in [5.74, 6) is 0.0923. The van der Waals surface area contributed by atoms with Crippen LogP contribution in [0.3, 0.4) is 0 Å². The summed E-state index contributed by atoms with van der Waals surface area (Å²) in [4.78, 5) is 10.6. The van der Waals surface area contributed by atoms with E-state index in [0.717, 1.165) is 16.9 Å². The maximum absolute atomic E-state index is 10.6. The Morgan fingerprint density at radius 2 is 2.43 bits per heavy atom. The summed E-state index contributed by atoms with van der Waals surface area (Å²) in [6, 6.07) is 5.81. The zero-order chi connectivity index (χ0) is 10.1. The van der Waals surface area contributed by atoms with Gasteiger partial charge in [0.25, 0.3) is 0 Å². The van der Waals surface area contributed by atoms with Gasteiger partial charge in [0.15, 0.2) is 0 Å². The summed E-state index contributed by atoms with van der Waals surface area (Å²) in [6.07, 6.45) is 0.151. The molecule has 0 radical (unpaired) electrons. The van der Waals surface area contributed by atoms with Crippen molar-refractivity contribution in [3.8, 4) is 5.75 Å². The predicted molar refractivity (Wildman–Crippen MR) is 51.7 cm³/mol. The molecular formula is C11H12O3. The Kier molecular flexibility index (Phi) is 2.15. The van der Waals surface area contributed by atoms with Crippen LogP contribution in [0.2, 0.25) is 0 Å². The zero-order valence-corrected chi connectivity index (χ0v) is 7.99. The van der Waals surface area contributed by atoms with Gasteiger partial charge < -0.3 is 9.84 Å². The summed E-state index contributed by atoms with van der Waals surface area (Å²) in [5, 5.41) is 8.73. The largest absolute Gasteiger partial charge is 0.493 e. The first-order valence-corrected chi connectivity index (χ1v) is 4.62. The normalized spacial score (nSPS) is 18.8. The van der Waals surface area contributed by atoms with Gasteiger partial charge in [0.2, 0.25) is 0 Å². The minimum atomic E-state index is -0.769. The molecule has 0 spiro atoms. The number of carbonyl (C=O) groups is 1. The van der Waals surface area contributed by atoms with Crippen LogP contribution in [0.4, 0.5) is 0 Å². The highest BCUT2D eigenvalue weighted by Crippen LogP contribution is 2.37. The summed E-state index contributed by atoms with van der Waals surface area (Å²) in [7, 11) is 0. The quantitative estimate of drug-likeness (QED) is 0.779. The lowest BCUT2D eigenvalue weighted by atomic mass is 9.94. The number of rotatable bonds is 2. The van der Waals surface area contributed by atoms with Crippen molar-refractivity contribution in [2.24, 2.45) is 0 Å². The highest BCUT2D eigenvalue weighted by Gasteiger charge is 2.27. The number of carboxylic acids is 1. The molecule has 1 atom stereocenters. The fourth-order valence-corrected chi connectivity index (χ4v) is 1.95. The van der Waals surface area contributed by atoms with Crippen LogP contribution >= 0.6 is 0 Å². The van der Waals surface area contributed by atoms with E-state index in [2.05, 4.69) is 0 Å². The molecule has 0 bridgehead atoms. The second kappa shape index (κ2) is 3.33. The molecule has 1 aliphatic rings. The third kappa shape index (κ3) is 1.45. The second-order valence-electron chi connectivity index (χ2n) is 3.59. The van der Waals surface area contributed by atoms with Crippen LogP contribution in [-0.2, 0) is 4.79 Å². The Morgan fingerprint density at radius 1 is 1.64 bits per heavy atom. The third-order valence-corrected chi connectivity index (χ3v) is 2.55. The van der Waals surface area contributed by atoms with E-state index in [1.807, 2.05) is 25.1 Å². The number of aryl methyl sites for hydroxylation is 1. The fraction of sp³-hybridized carbons (Fsp3) is 0.364. The van der Waals surface area contributed by atoms with E-state index in [-0.39, 0.29) is 12.3 Å². The fourth-order valence-electron chi connectivity index (χ4n) is 1.95. The Hall–Kier alpha value is -1.51. The molecule has 0 aromatic heterocycles. The van der Waals surface area contributed by atoms with E-state index >= 15 is 0 Å². The van der Waals surface area contributed by atoms with Gasteiger partial charge in [-0.15, -0.1) is 0 Å². The number of carboxylic acid groups (broad SMARTS) is 1. The van der Waals surface area contributed by atoms with E-state index in [1.54, 1.807) is 0 Å². The molecule has 3 nitrogen and oxygen atoms in total. The van der Waals surface area contributed by atoms with Crippen molar-refractivity contribution in [2.75, 3.05) is 6.61 Å². The van der Waals surface area contributed by atoms with Crippen molar-refractivity contribution in [3.05, 3.63) is 29.3 Å². The topological polar surface area (TPSA) is 46.5 Å². The number of hydrogen-bond donors (Lipinski definition) is 1. The first kappa shape index (κ1) is 9.06. The maximum Gasteiger partial charge on any atom is 0.304 e. The first-order chi connectivity index (χ1) is 6.68. The molecule has 1 N–H and O–H groups in total. The smallest absolute Gasteiger partial charge is 0.304 e. The Labute approximate surface area is 82.3 Å². The van der Waals surface area contributed by atoms with Gasteiger partial charge in [-0.1, -0.05) is 12.1 Å². The van der Waals surface area contributed by atoms with E-state index in [9.17, 15) is 4.79 Å². The molecule has 1 aromatic carbocycles. The first-order valence-electron chi connectivity index (χ1n) is 4.62. The second-order valence-corrected chi connectivity index (χ2v) is 3.59. The average molecular weight is 192 g/mol. The minimum absolute atomic E-state index is 0.0173. The highest BCUT2D eigenvalue weighted by atomic mass is 16.5. The monoisotopic (exact) mass is 192 g/mol. The summed E-state index contributed by atoms with van der Waals surface area (Å²) in [5.41, 5.74) is 2.18. The molecule has 0 fully saturated rings. The zero-order valence-electron chi connectivity index (χ0n) is 7.99. The molecule has 1 aromatic rings. The standard InChI is InChI=1S/C11H12O3/c1-7-3-2-4-9-11(7)8(6-14-9)5-10(12)13/h2-4,8H,5-6H2,1H3,(H,12,13). The number of fused-ring (bicyclic) bond motifs is 1. The summed E-state index contributed by atoms with van der Waals surface area (Å²) < 4.78 is 5.43. The van der Waals surface area contributed by atoms with Gasteiger partial charge >= 0.3 is 5.97 Å². The van der Waals surface area contributed by atoms with Crippen LogP contribution in [0.15, 0.2) is 18.2 Å². The van der Waals surface area contributed by atoms with Crippen molar-refractivity contribution in [2.45, 2.75) is 19.3 Å². The molecular weight excluding hydrogens is 180 g/mol. The van der Waals surface area contributed by atoms with Crippen LogP contribution in [0.5, 0.6) is 5.75 Å². The van der Waals surface area contributed by atoms with Crippen molar-refractivity contribution >= 4 is 5.97 Å². The van der Waals surface area contributed by atoms with E-state index < -0.39 is 5.97 Å². The molecule has 1 heterocycles. The summed E-state index contributed by atoms with van der Waals surface area (Å²) >= 11 is 0. The molecule has 1 unspecified atom stereocenters. The van der Waals surface area contributed by atoms with Crippen molar-refractivity contribution < 1.29 is 14.6 Å². The number of hydrogen-bond acceptors (Lipinski definition) is 2. The van der Waals surface area contributed by atoms with Gasteiger partial charge in [0, 0.05) is 11.5 Å². The van der Waals surface area contributed by atoms with E-state index in [0.29, 0.717) is 6.61 Å². The Balaban J connectivity index is 2.33. The van der Waals surface area contributed by atoms with E-state index in [1.165, 1.54) is 0 Å². The molecule has 74 valence electrons. The van der Waals surface area contributed by atoms with Crippen molar-refractivity contribution in [1.82, 2.24) is 0 Å². The van der Waals surface area contributed by atoms with Crippen LogP contribution in [0.1, 0.15) is 23.5 Å². The molecule has 2 rings (SSSR count).